The Kier molecular flexibility index (Phi) is 4.05. The van der Waals surface area contributed by atoms with E-state index in [1.165, 1.54) is 0 Å². The zero-order chi connectivity index (χ0) is 16.6. The van der Waals surface area contributed by atoms with Gasteiger partial charge in [0.25, 0.3) is 0 Å². The van der Waals surface area contributed by atoms with E-state index >= 15 is 0 Å². The highest BCUT2D eigenvalue weighted by molar-refractivity contribution is 6.29. The van der Waals surface area contributed by atoms with Crippen LogP contribution in [0, 0.1) is 5.92 Å². The molecule has 2 heterocycles. The van der Waals surface area contributed by atoms with Gasteiger partial charge in [0.2, 0.25) is 5.95 Å². The first kappa shape index (κ1) is 15.5. The molecule has 3 rings (SSSR count). The Bertz CT molecular complexity index is 885. The van der Waals surface area contributed by atoms with E-state index in [4.69, 9.17) is 11.6 Å². The predicted octanol–water partition coefficient (Wildman–Crippen LogP) is 4.20. The van der Waals surface area contributed by atoms with E-state index in [-0.39, 0.29) is 11.7 Å². The Morgan fingerprint density at radius 2 is 2.09 bits per heavy atom. The minimum atomic E-state index is -0.0477. The van der Waals surface area contributed by atoms with Crippen LogP contribution < -0.4 is 5.32 Å². The number of carbonyl (C=O) groups is 1. The predicted molar refractivity (Wildman–Crippen MR) is 92.4 cm³/mol. The number of hydrogen-bond acceptors (Lipinski definition) is 4. The van der Waals surface area contributed by atoms with Crippen LogP contribution in [0.4, 0.5) is 11.6 Å². The van der Waals surface area contributed by atoms with Gasteiger partial charge in [-0.2, -0.15) is 0 Å². The van der Waals surface area contributed by atoms with Gasteiger partial charge in [-0.05, 0) is 24.3 Å². The van der Waals surface area contributed by atoms with E-state index in [1.54, 1.807) is 12.3 Å². The highest BCUT2D eigenvalue weighted by Gasteiger charge is 2.17. The number of hydrogen-bond donors (Lipinski definition) is 1. The van der Waals surface area contributed by atoms with Gasteiger partial charge in [0.05, 0.1) is 0 Å². The molecule has 1 aromatic carbocycles. The van der Waals surface area contributed by atoms with Crippen LogP contribution in [0.3, 0.4) is 0 Å². The summed E-state index contributed by atoms with van der Waals surface area (Å²) in [5.74, 6) is 0.504. The van der Waals surface area contributed by atoms with Crippen LogP contribution in [0.25, 0.3) is 10.9 Å². The highest BCUT2D eigenvalue weighted by atomic mass is 35.5. The lowest BCUT2D eigenvalue weighted by atomic mass is 10.0. The second-order valence-corrected chi connectivity index (χ2v) is 6.12. The summed E-state index contributed by atoms with van der Waals surface area (Å²) in [6.07, 6.45) is 3.47. The van der Waals surface area contributed by atoms with Crippen LogP contribution >= 0.6 is 11.6 Å². The highest BCUT2D eigenvalue weighted by Crippen LogP contribution is 2.27. The van der Waals surface area contributed by atoms with Crippen molar-refractivity contribution in [2.45, 2.75) is 13.8 Å². The molecule has 0 radical (unpaired) electrons. The molecular formula is C17H17ClN4O. The molecule has 0 amide bonds. The van der Waals surface area contributed by atoms with Crippen LogP contribution in [0.5, 0.6) is 0 Å². The summed E-state index contributed by atoms with van der Waals surface area (Å²) in [4.78, 5) is 20.6. The average molecular weight is 329 g/mol. The number of benzene rings is 1. The second-order valence-electron chi connectivity index (χ2n) is 5.73. The van der Waals surface area contributed by atoms with Crippen molar-refractivity contribution in [3.05, 3.63) is 47.4 Å². The third kappa shape index (κ3) is 3.05. The van der Waals surface area contributed by atoms with E-state index < -0.39 is 0 Å². The van der Waals surface area contributed by atoms with Crippen LogP contribution in [-0.2, 0) is 7.05 Å². The van der Waals surface area contributed by atoms with Crippen LogP contribution in [0.15, 0.2) is 36.7 Å². The summed E-state index contributed by atoms with van der Waals surface area (Å²) < 4.78 is 1.96. The number of nitrogens with zero attached hydrogens (tertiary/aromatic N) is 3. The fourth-order valence-corrected chi connectivity index (χ4v) is 2.64. The Morgan fingerprint density at radius 1 is 1.30 bits per heavy atom. The molecule has 6 heteroatoms. The summed E-state index contributed by atoms with van der Waals surface area (Å²) >= 11 is 5.87. The van der Waals surface area contributed by atoms with Crippen molar-refractivity contribution >= 4 is 39.9 Å². The number of carbonyl (C=O) groups excluding carboxylic acids is 1. The van der Waals surface area contributed by atoms with Crippen LogP contribution in [0.2, 0.25) is 5.15 Å². The van der Waals surface area contributed by atoms with Gasteiger partial charge in [-0.25, -0.2) is 9.97 Å². The number of aryl methyl sites for hydroxylation is 1. The molecule has 5 nitrogen and oxygen atoms in total. The van der Waals surface area contributed by atoms with E-state index in [0.717, 1.165) is 22.2 Å². The minimum absolute atomic E-state index is 0.0477. The smallest absolute Gasteiger partial charge is 0.228 e. The number of halogens is 1. The minimum Gasteiger partial charge on any atom is -0.350 e. The van der Waals surface area contributed by atoms with Gasteiger partial charge in [0.1, 0.15) is 5.15 Å². The van der Waals surface area contributed by atoms with Gasteiger partial charge in [-0.1, -0.05) is 25.4 Å². The van der Waals surface area contributed by atoms with E-state index in [9.17, 15) is 4.79 Å². The number of aromatic nitrogens is 3. The second kappa shape index (κ2) is 6.01. The van der Waals surface area contributed by atoms with Gasteiger partial charge >= 0.3 is 0 Å². The number of anilines is 2. The van der Waals surface area contributed by atoms with Crippen molar-refractivity contribution in [3.63, 3.8) is 0 Å². The maximum absolute atomic E-state index is 12.4. The molecule has 0 aliphatic heterocycles. The fraction of sp³-hybridized carbons (Fsp3) is 0.235. The number of Topliss-reactive ketones (excluding diaryl/α,β-unsaturated/α-hetero) is 1. The summed E-state index contributed by atoms with van der Waals surface area (Å²) in [6, 6.07) is 7.46. The van der Waals surface area contributed by atoms with Crippen molar-refractivity contribution in [1.29, 1.82) is 0 Å². The number of ketones is 1. The molecule has 0 saturated carbocycles. The zero-order valence-electron chi connectivity index (χ0n) is 13.2. The lowest BCUT2D eigenvalue weighted by Crippen LogP contribution is -2.06. The lowest BCUT2D eigenvalue weighted by molar-refractivity contribution is 0.0941. The molecule has 23 heavy (non-hydrogen) atoms. The molecule has 0 bridgehead atoms. The molecule has 0 spiro atoms. The quantitative estimate of drug-likeness (QED) is 0.576. The number of rotatable bonds is 4. The summed E-state index contributed by atoms with van der Waals surface area (Å²) in [5, 5.41) is 4.40. The van der Waals surface area contributed by atoms with Crippen molar-refractivity contribution in [3.8, 4) is 0 Å². The molecule has 0 atom stereocenters. The molecule has 0 fully saturated rings. The van der Waals surface area contributed by atoms with Crippen molar-refractivity contribution in [1.82, 2.24) is 14.5 Å². The first-order valence-corrected chi connectivity index (χ1v) is 7.72. The number of nitrogens with one attached hydrogen (secondary N) is 1. The Hall–Kier alpha value is -2.40. The third-order valence-electron chi connectivity index (χ3n) is 3.66. The molecule has 3 aromatic rings. The standard InChI is InChI=1S/C17H17ClN4O/c1-10(2)16(23)13-9-22(3)14-5-4-11(8-12(13)14)20-17-19-7-6-15(18)21-17/h4-10H,1-3H3,(H,19,20,21). The van der Waals surface area contributed by atoms with Crippen molar-refractivity contribution < 1.29 is 4.79 Å². The van der Waals surface area contributed by atoms with E-state index in [2.05, 4.69) is 15.3 Å². The summed E-state index contributed by atoms with van der Waals surface area (Å²) in [5.41, 5.74) is 2.54. The SMILES string of the molecule is CC(C)C(=O)c1cn(C)c2ccc(Nc3nccc(Cl)n3)cc12. The molecule has 0 aliphatic rings. The molecule has 0 saturated heterocycles. The fourth-order valence-electron chi connectivity index (χ4n) is 2.50. The van der Waals surface area contributed by atoms with Gasteiger partial charge < -0.3 is 9.88 Å². The molecule has 1 N–H and O–H groups in total. The van der Waals surface area contributed by atoms with Crippen LogP contribution in [0.1, 0.15) is 24.2 Å². The Morgan fingerprint density at radius 3 is 2.78 bits per heavy atom. The summed E-state index contributed by atoms with van der Waals surface area (Å²) in [7, 11) is 1.94. The molecular weight excluding hydrogens is 312 g/mol. The topological polar surface area (TPSA) is 59.8 Å². The largest absolute Gasteiger partial charge is 0.350 e. The Labute approximate surface area is 139 Å². The van der Waals surface area contributed by atoms with E-state index in [0.29, 0.717) is 11.1 Å². The monoisotopic (exact) mass is 328 g/mol. The zero-order valence-corrected chi connectivity index (χ0v) is 13.9. The maximum Gasteiger partial charge on any atom is 0.228 e. The molecule has 0 aliphatic carbocycles. The average Bonchev–Trinajstić information content (AvgIpc) is 2.83. The maximum atomic E-state index is 12.4. The Balaban J connectivity index is 2.03. The van der Waals surface area contributed by atoms with Crippen LogP contribution in [-0.4, -0.2) is 20.3 Å². The first-order chi connectivity index (χ1) is 11.0. The number of fused-ring (bicyclic) bond motifs is 1. The van der Waals surface area contributed by atoms with E-state index in [1.807, 2.05) is 49.9 Å². The first-order valence-electron chi connectivity index (χ1n) is 7.34. The lowest BCUT2D eigenvalue weighted by Gasteiger charge is -2.06. The molecule has 0 unspecified atom stereocenters. The van der Waals surface area contributed by atoms with Crippen molar-refractivity contribution in [2.75, 3.05) is 5.32 Å². The van der Waals surface area contributed by atoms with Gasteiger partial charge in [-0.3, -0.25) is 4.79 Å². The van der Waals surface area contributed by atoms with Crippen molar-refractivity contribution in [2.24, 2.45) is 13.0 Å². The van der Waals surface area contributed by atoms with Gasteiger partial charge in [0, 0.05) is 47.5 Å². The summed E-state index contributed by atoms with van der Waals surface area (Å²) in [6.45, 7) is 3.81. The molecule has 118 valence electrons. The molecule has 2 aromatic heterocycles. The van der Waals surface area contributed by atoms with Gasteiger partial charge in [-0.15, -0.1) is 0 Å². The normalized spacial score (nSPS) is 11.2. The third-order valence-corrected chi connectivity index (χ3v) is 3.87. The van der Waals surface area contributed by atoms with Gasteiger partial charge in [0.15, 0.2) is 5.78 Å².